The van der Waals surface area contributed by atoms with E-state index in [1.54, 1.807) is 0 Å². The molecule has 6 heteroatoms. The van der Waals surface area contributed by atoms with Crippen LogP contribution in [0, 0.1) is 5.82 Å². The lowest BCUT2D eigenvalue weighted by Gasteiger charge is -2.23. The van der Waals surface area contributed by atoms with Gasteiger partial charge < -0.3 is 19.5 Å². The molecule has 0 spiro atoms. The monoisotopic (exact) mass is 359 g/mol. The van der Waals surface area contributed by atoms with E-state index in [1.807, 2.05) is 32.0 Å². The second-order valence-corrected chi connectivity index (χ2v) is 6.10. The Labute approximate surface area is 152 Å². The van der Waals surface area contributed by atoms with Crippen LogP contribution < -0.4 is 19.5 Å². The molecule has 0 aromatic heterocycles. The van der Waals surface area contributed by atoms with Gasteiger partial charge in [-0.25, -0.2) is 4.39 Å². The predicted octanol–water partition coefficient (Wildman–Crippen LogP) is 3.63. The molecule has 5 nitrogen and oxygen atoms in total. The normalized spacial score (nSPS) is 15.0. The Morgan fingerprint density at radius 1 is 1.15 bits per heavy atom. The third-order valence-electron chi connectivity index (χ3n) is 4.18. The van der Waals surface area contributed by atoms with E-state index in [-0.39, 0.29) is 17.8 Å². The summed E-state index contributed by atoms with van der Waals surface area (Å²) in [4.78, 5) is 12.6. The molecule has 0 radical (unpaired) electrons. The van der Waals surface area contributed by atoms with Gasteiger partial charge in [-0.3, -0.25) is 4.79 Å². The number of ether oxygens (including phenoxy) is 3. The highest BCUT2D eigenvalue weighted by molar-refractivity contribution is 5.81. The Morgan fingerprint density at radius 3 is 2.54 bits per heavy atom. The largest absolute Gasteiger partial charge is 0.486 e. The molecule has 1 heterocycles. The fourth-order valence-corrected chi connectivity index (χ4v) is 2.72. The first-order valence-electron chi connectivity index (χ1n) is 8.69. The first-order chi connectivity index (χ1) is 12.6. The van der Waals surface area contributed by atoms with Crippen molar-refractivity contribution in [1.82, 2.24) is 5.32 Å². The van der Waals surface area contributed by atoms with Gasteiger partial charge in [-0.2, -0.15) is 0 Å². The molecule has 0 unspecified atom stereocenters. The van der Waals surface area contributed by atoms with Gasteiger partial charge in [0.15, 0.2) is 17.6 Å². The maximum absolute atomic E-state index is 13.0. The SMILES string of the molecule is CC[C@H](Oc1ccc(F)cc1)C(=O)N[C@@H](C)c1ccc2c(c1)OCCO2. The highest BCUT2D eigenvalue weighted by Gasteiger charge is 2.22. The van der Waals surface area contributed by atoms with E-state index in [9.17, 15) is 9.18 Å². The van der Waals surface area contributed by atoms with E-state index in [0.717, 1.165) is 5.56 Å². The summed E-state index contributed by atoms with van der Waals surface area (Å²) in [7, 11) is 0. The van der Waals surface area contributed by atoms with E-state index in [0.29, 0.717) is 36.9 Å². The van der Waals surface area contributed by atoms with Gasteiger partial charge in [0.05, 0.1) is 6.04 Å². The van der Waals surface area contributed by atoms with Crippen molar-refractivity contribution in [2.24, 2.45) is 0 Å². The summed E-state index contributed by atoms with van der Waals surface area (Å²) in [6, 6.07) is 11.0. The van der Waals surface area contributed by atoms with E-state index in [2.05, 4.69) is 5.32 Å². The van der Waals surface area contributed by atoms with Gasteiger partial charge in [0.1, 0.15) is 24.8 Å². The Hall–Kier alpha value is -2.76. The fourth-order valence-electron chi connectivity index (χ4n) is 2.72. The maximum atomic E-state index is 13.0. The average molecular weight is 359 g/mol. The zero-order valence-corrected chi connectivity index (χ0v) is 14.8. The number of benzene rings is 2. The third kappa shape index (κ3) is 4.25. The van der Waals surface area contributed by atoms with Crippen LogP contribution in [-0.2, 0) is 4.79 Å². The molecular weight excluding hydrogens is 337 g/mol. The Morgan fingerprint density at radius 2 is 1.85 bits per heavy atom. The molecule has 2 aromatic rings. The molecule has 2 atom stereocenters. The number of carbonyl (C=O) groups is 1. The highest BCUT2D eigenvalue weighted by Crippen LogP contribution is 2.32. The van der Waals surface area contributed by atoms with Crippen LogP contribution in [0.1, 0.15) is 31.9 Å². The van der Waals surface area contributed by atoms with E-state index < -0.39 is 6.10 Å². The predicted molar refractivity (Wildman–Crippen MR) is 95.1 cm³/mol. The van der Waals surface area contributed by atoms with E-state index in [4.69, 9.17) is 14.2 Å². The van der Waals surface area contributed by atoms with Crippen molar-refractivity contribution in [1.29, 1.82) is 0 Å². The molecule has 2 aromatic carbocycles. The lowest BCUT2D eigenvalue weighted by atomic mass is 10.1. The van der Waals surface area contributed by atoms with Crippen LogP contribution in [0.3, 0.4) is 0 Å². The van der Waals surface area contributed by atoms with Crippen molar-refractivity contribution in [3.8, 4) is 17.2 Å². The van der Waals surface area contributed by atoms with Crippen molar-refractivity contribution in [3.05, 3.63) is 53.8 Å². The van der Waals surface area contributed by atoms with Crippen LogP contribution in [0.4, 0.5) is 4.39 Å². The zero-order chi connectivity index (χ0) is 18.5. The number of hydrogen-bond acceptors (Lipinski definition) is 4. The molecule has 1 N–H and O–H groups in total. The second-order valence-electron chi connectivity index (χ2n) is 6.10. The summed E-state index contributed by atoms with van der Waals surface area (Å²) in [5, 5.41) is 2.95. The number of rotatable bonds is 6. The first-order valence-corrected chi connectivity index (χ1v) is 8.69. The molecule has 0 saturated carbocycles. The molecule has 0 bridgehead atoms. The smallest absolute Gasteiger partial charge is 0.261 e. The quantitative estimate of drug-likeness (QED) is 0.856. The molecule has 1 aliphatic rings. The van der Waals surface area contributed by atoms with Gasteiger partial charge in [-0.15, -0.1) is 0 Å². The molecule has 26 heavy (non-hydrogen) atoms. The molecule has 0 fully saturated rings. The van der Waals surface area contributed by atoms with Crippen molar-refractivity contribution in [2.75, 3.05) is 13.2 Å². The molecule has 1 aliphatic heterocycles. The summed E-state index contributed by atoms with van der Waals surface area (Å²) in [6.45, 7) is 4.81. The lowest BCUT2D eigenvalue weighted by molar-refractivity contribution is -0.128. The highest BCUT2D eigenvalue weighted by atomic mass is 19.1. The number of fused-ring (bicyclic) bond motifs is 1. The van der Waals surface area contributed by atoms with Gasteiger partial charge in [0.2, 0.25) is 0 Å². The molecule has 0 saturated heterocycles. The molecule has 1 amide bonds. The average Bonchev–Trinajstić information content (AvgIpc) is 2.67. The summed E-state index contributed by atoms with van der Waals surface area (Å²) in [5.74, 6) is 1.29. The summed E-state index contributed by atoms with van der Waals surface area (Å²) in [6.07, 6.45) is -0.156. The molecular formula is C20H22FNO4. The third-order valence-corrected chi connectivity index (χ3v) is 4.18. The Kier molecular flexibility index (Phi) is 5.61. The minimum absolute atomic E-state index is 0.218. The Balaban J connectivity index is 1.64. The number of nitrogens with one attached hydrogen (secondary N) is 1. The lowest BCUT2D eigenvalue weighted by Crippen LogP contribution is -2.39. The van der Waals surface area contributed by atoms with Crippen LogP contribution in [-0.4, -0.2) is 25.2 Å². The standard InChI is InChI=1S/C20H22FNO4/c1-3-17(26-16-7-5-15(21)6-8-16)20(23)22-13(2)14-4-9-18-19(12-14)25-11-10-24-18/h4-9,12-13,17H,3,10-11H2,1-2H3,(H,22,23)/t13-,17-/m0/s1. The van der Waals surface area contributed by atoms with Gasteiger partial charge >= 0.3 is 0 Å². The zero-order valence-electron chi connectivity index (χ0n) is 14.8. The van der Waals surface area contributed by atoms with Crippen molar-refractivity contribution < 1.29 is 23.4 Å². The minimum Gasteiger partial charge on any atom is -0.486 e. The number of carbonyl (C=O) groups excluding carboxylic acids is 1. The maximum Gasteiger partial charge on any atom is 0.261 e. The van der Waals surface area contributed by atoms with Gasteiger partial charge in [0.25, 0.3) is 5.91 Å². The summed E-state index contributed by atoms with van der Waals surface area (Å²) >= 11 is 0. The van der Waals surface area contributed by atoms with Crippen LogP contribution in [0.15, 0.2) is 42.5 Å². The summed E-state index contributed by atoms with van der Waals surface area (Å²) < 4.78 is 29.8. The molecule has 0 aliphatic carbocycles. The minimum atomic E-state index is -0.653. The van der Waals surface area contributed by atoms with Crippen LogP contribution in [0.25, 0.3) is 0 Å². The van der Waals surface area contributed by atoms with Crippen LogP contribution in [0.2, 0.25) is 0 Å². The topological polar surface area (TPSA) is 56.8 Å². The Bertz CT molecular complexity index is 763. The first kappa shape index (κ1) is 18.0. The van der Waals surface area contributed by atoms with Gasteiger partial charge in [-0.05, 0) is 55.3 Å². The summed E-state index contributed by atoms with van der Waals surface area (Å²) in [5.41, 5.74) is 0.916. The van der Waals surface area contributed by atoms with E-state index >= 15 is 0 Å². The fraction of sp³-hybridized carbons (Fsp3) is 0.350. The number of amides is 1. The van der Waals surface area contributed by atoms with E-state index in [1.165, 1.54) is 24.3 Å². The van der Waals surface area contributed by atoms with Gasteiger partial charge in [0, 0.05) is 0 Å². The molecule has 138 valence electrons. The molecule has 3 rings (SSSR count). The van der Waals surface area contributed by atoms with Crippen LogP contribution in [0.5, 0.6) is 17.2 Å². The second kappa shape index (κ2) is 8.08. The van der Waals surface area contributed by atoms with Crippen molar-refractivity contribution >= 4 is 5.91 Å². The van der Waals surface area contributed by atoms with Crippen LogP contribution >= 0.6 is 0 Å². The van der Waals surface area contributed by atoms with Gasteiger partial charge in [-0.1, -0.05) is 13.0 Å². The number of hydrogen-bond donors (Lipinski definition) is 1. The van der Waals surface area contributed by atoms with Crippen molar-refractivity contribution in [2.45, 2.75) is 32.4 Å². The van der Waals surface area contributed by atoms with Crippen molar-refractivity contribution in [3.63, 3.8) is 0 Å². The number of halogens is 1.